The van der Waals surface area contributed by atoms with Gasteiger partial charge >= 0.3 is 0 Å². The summed E-state index contributed by atoms with van der Waals surface area (Å²) in [5.41, 5.74) is 0. The average molecular weight is 235 g/mol. The van der Waals surface area contributed by atoms with Gasteiger partial charge < -0.3 is 14.8 Å². The lowest BCUT2D eigenvalue weighted by molar-refractivity contribution is -0.123. The van der Waals surface area contributed by atoms with Gasteiger partial charge in [0.25, 0.3) is 5.91 Å². The zero-order valence-electron chi connectivity index (χ0n) is 9.94. The van der Waals surface area contributed by atoms with Crippen LogP contribution >= 0.6 is 0 Å². The summed E-state index contributed by atoms with van der Waals surface area (Å²) in [6.45, 7) is 2.53. The highest BCUT2D eigenvalue weighted by Gasteiger charge is 2.23. The third-order valence-electron chi connectivity index (χ3n) is 2.45. The molecule has 0 saturated heterocycles. The predicted molar refractivity (Wildman–Crippen MR) is 64.3 cm³/mol. The molecule has 1 fully saturated rings. The van der Waals surface area contributed by atoms with Crippen LogP contribution < -0.4 is 14.8 Å². The van der Waals surface area contributed by atoms with Crippen LogP contribution in [-0.4, -0.2) is 25.2 Å². The number of ether oxygens (including phenoxy) is 2. The molecule has 1 aromatic carbocycles. The fraction of sp³-hybridized carbons (Fsp3) is 0.462. The average Bonchev–Trinajstić information content (AvgIpc) is 3.12. The number of benzene rings is 1. The Labute approximate surface area is 101 Å². The Hall–Kier alpha value is -1.71. The minimum atomic E-state index is -0.0706. The van der Waals surface area contributed by atoms with Crippen molar-refractivity contribution >= 4 is 5.91 Å². The molecule has 1 aliphatic carbocycles. The zero-order chi connectivity index (χ0) is 12.1. The Morgan fingerprint density at radius 1 is 1.29 bits per heavy atom. The molecule has 0 aromatic heterocycles. The first-order valence-electron chi connectivity index (χ1n) is 5.93. The van der Waals surface area contributed by atoms with Crippen LogP contribution in [0.25, 0.3) is 0 Å². The molecule has 2 rings (SSSR count). The highest BCUT2D eigenvalue weighted by atomic mass is 16.5. The largest absolute Gasteiger partial charge is 0.490 e. The lowest BCUT2D eigenvalue weighted by Crippen LogP contribution is -2.30. The molecule has 1 aromatic rings. The molecular formula is C13H17NO3. The van der Waals surface area contributed by atoms with Gasteiger partial charge in [-0.15, -0.1) is 0 Å². The molecule has 4 heteroatoms. The van der Waals surface area contributed by atoms with Gasteiger partial charge in [0.15, 0.2) is 18.1 Å². The van der Waals surface area contributed by atoms with Gasteiger partial charge in [0.05, 0.1) is 6.61 Å². The SMILES string of the molecule is CCOc1ccccc1OCC(=O)NC1CC1. The summed E-state index contributed by atoms with van der Waals surface area (Å²) in [6, 6.07) is 7.74. The van der Waals surface area contributed by atoms with Crippen LogP contribution in [-0.2, 0) is 4.79 Å². The number of hydrogen-bond donors (Lipinski definition) is 1. The highest BCUT2D eigenvalue weighted by Crippen LogP contribution is 2.26. The fourth-order valence-electron chi connectivity index (χ4n) is 1.48. The van der Waals surface area contributed by atoms with E-state index in [1.807, 2.05) is 25.1 Å². The smallest absolute Gasteiger partial charge is 0.258 e. The van der Waals surface area contributed by atoms with Crippen LogP contribution in [0.4, 0.5) is 0 Å². The molecule has 0 atom stereocenters. The first-order valence-corrected chi connectivity index (χ1v) is 5.93. The van der Waals surface area contributed by atoms with Crippen molar-refractivity contribution in [3.63, 3.8) is 0 Å². The Morgan fingerprint density at radius 2 is 1.94 bits per heavy atom. The Morgan fingerprint density at radius 3 is 2.53 bits per heavy atom. The van der Waals surface area contributed by atoms with E-state index in [0.717, 1.165) is 12.8 Å². The normalized spacial score (nSPS) is 14.2. The van der Waals surface area contributed by atoms with Gasteiger partial charge in [0, 0.05) is 6.04 Å². The van der Waals surface area contributed by atoms with E-state index < -0.39 is 0 Å². The Bertz CT molecular complexity index is 388. The van der Waals surface area contributed by atoms with Crippen molar-refractivity contribution in [2.45, 2.75) is 25.8 Å². The molecule has 92 valence electrons. The standard InChI is InChI=1S/C13H17NO3/c1-2-16-11-5-3-4-6-12(11)17-9-13(15)14-10-7-8-10/h3-6,10H,2,7-9H2,1H3,(H,14,15). The van der Waals surface area contributed by atoms with Crippen LogP contribution in [0.15, 0.2) is 24.3 Å². The Kier molecular flexibility index (Phi) is 3.85. The van der Waals surface area contributed by atoms with Crippen LogP contribution in [0.5, 0.6) is 11.5 Å². The van der Waals surface area contributed by atoms with Crippen molar-refractivity contribution in [1.82, 2.24) is 5.32 Å². The number of carbonyl (C=O) groups is 1. The molecule has 1 aliphatic rings. The summed E-state index contributed by atoms with van der Waals surface area (Å²) >= 11 is 0. The van der Waals surface area contributed by atoms with Crippen molar-refractivity contribution in [2.75, 3.05) is 13.2 Å². The molecule has 0 radical (unpaired) electrons. The van der Waals surface area contributed by atoms with E-state index in [1.165, 1.54) is 0 Å². The molecule has 4 nitrogen and oxygen atoms in total. The summed E-state index contributed by atoms with van der Waals surface area (Å²) < 4.78 is 10.8. The monoisotopic (exact) mass is 235 g/mol. The topological polar surface area (TPSA) is 47.6 Å². The molecule has 1 N–H and O–H groups in total. The molecule has 17 heavy (non-hydrogen) atoms. The van der Waals surface area contributed by atoms with Crippen LogP contribution in [0.1, 0.15) is 19.8 Å². The van der Waals surface area contributed by atoms with Crippen molar-refractivity contribution in [2.24, 2.45) is 0 Å². The second-order valence-corrected chi connectivity index (χ2v) is 4.01. The van der Waals surface area contributed by atoms with E-state index in [1.54, 1.807) is 6.07 Å². The zero-order valence-corrected chi connectivity index (χ0v) is 9.94. The lowest BCUT2D eigenvalue weighted by Gasteiger charge is -2.11. The molecule has 0 bridgehead atoms. The summed E-state index contributed by atoms with van der Waals surface area (Å²) in [5.74, 6) is 1.22. The van der Waals surface area contributed by atoms with Crippen LogP contribution in [0.2, 0.25) is 0 Å². The minimum Gasteiger partial charge on any atom is -0.490 e. The number of nitrogens with one attached hydrogen (secondary N) is 1. The maximum absolute atomic E-state index is 11.5. The maximum Gasteiger partial charge on any atom is 0.258 e. The van der Waals surface area contributed by atoms with Gasteiger partial charge in [-0.1, -0.05) is 12.1 Å². The summed E-state index contributed by atoms with van der Waals surface area (Å²) in [4.78, 5) is 11.5. The van der Waals surface area contributed by atoms with Crippen molar-refractivity contribution in [1.29, 1.82) is 0 Å². The lowest BCUT2D eigenvalue weighted by atomic mass is 10.3. The van der Waals surface area contributed by atoms with Crippen LogP contribution in [0, 0.1) is 0 Å². The van der Waals surface area contributed by atoms with E-state index in [2.05, 4.69) is 5.32 Å². The first kappa shape index (κ1) is 11.8. The second kappa shape index (κ2) is 5.57. The number of carbonyl (C=O) groups excluding carboxylic acids is 1. The van der Waals surface area contributed by atoms with E-state index in [0.29, 0.717) is 24.1 Å². The fourth-order valence-corrected chi connectivity index (χ4v) is 1.48. The molecule has 1 amide bonds. The first-order chi connectivity index (χ1) is 8.29. The summed E-state index contributed by atoms with van der Waals surface area (Å²) in [7, 11) is 0. The third kappa shape index (κ3) is 3.66. The Balaban J connectivity index is 1.86. The summed E-state index contributed by atoms with van der Waals surface area (Å²) in [6.07, 6.45) is 2.17. The van der Waals surface area contributed by atoms with E-state index >= 15 is 0 Å². The molecule has 0 aliphatic heterocycles. The van der Waals surface area contributed by atoms with Crippen molar-refractivity contribution < 1.29 is 14.3 Å². The van der Waals surface area contributed by atoms with Gasteiger partial charge in [-0.25, -0.2) is 0 Å². The highest BCUT2D eigenvalue weighted by molar-refractivity contribution is 5.78. The van der Waals surface area contributed by atoms with Gasteiger partial charge in [-0.2, -0.15) is 0 Å². The van der Waals surface area contributed by atoms with Crippen LogP contribution in [0.3, 0.4) is 0 Å². The number of para-hydroxylation sites is 2. The number of hydrogen-bond acceptors (Lipinski definition) is 3. The number of rotatable bonds is 6. The van der Waals surface area contributed by atoms with Gasteiger partial charge in [-0.05, 0) is 31.9 Å². The van der Waals surface area contributed by atoms with E-state index in [-0.39, 0.29) is 12.5 Å². The second-order valence-electron chi connectivity index (χ2n) is 4.01. The quantitative estimate of drug-likeness (QED) is 0.817. The molecule has 0 unspecified atom stereocenters. The predicted octanol–water partition coefficient (Wildman–Crippen LogP) is 1.74. The van der Waals surface area contributed by atoms with Gasteiger partial charge in [0.1, 0.15) is 0 Å². The summed E-state index contributed by atoms with van der Waals surface area (Å²) in [5, 5.41) is 2.87. The third-order valence-corrected chi connectivity index (χ3v) is 2.45. The van der Waals surface area contributed by atoms with Gasteiger partial charge in [-0.3, -0.25) is 4.79 Å². The van der Waals surface area contributed by atoms with E-state index in [4.69, 9.17) is 9.47 Å². The molecular weight excluding hydrogens is 218 g/mol. The maximum atomic E-state index is 11.5. The van der Waals surface area contributed by atoms with Gasteiger partial charge in [0.2, 0.25) is 0 Å². The van der Waals surface area contributed by atoms with Crippen molar-refractivity contribution in [3.8, 4) is 11.5 Å². The number of amides is 1. The molecule has 1 saturated carbocycles. The minimum absolute atomic E-state index is 0.0422. The molecule has 0 heterocycles. The molecule has 0 spiro atoms. The van der Waals surface area contributed by atoms with Crippen molar-refractivity contribution in [3.05, 3.63) is 24.3 Å². The van der Waals surface area contributed by atoms with E-state index in [9.17, 15) is 4.79 Å².